The number of nitrogens with two attached hydrogens (primary N) is 1. The highest BCUT2D eigenvalue weighted by atomic mass is 19.1. The molecule has 0 aliphatic carbocycles. The summed E-state index contributed by atoms with van der Waals surface area (Å²) < 4.78 is 13.5. The normalized spacial score (nSPS) is 17.9. The molecule has 2 N–H and O–H groups in total. The van der Waals surface area contributed by atoms with Crippen molar-refractivity contribution in [1.29, 1.82) is 0 Å². The lowest BCUT2D eigenvalue weighted by Gasteiger charge is -2.33. The van der Waals surface area contributed by atoms with Crippen LogP contribution in [0.1, 0.15) is 39.9 Å². The fourth-order valence-electron chi connectivity index (χ4n) is 4.02. The summed E-state index contributed by atoms with van der Waals surface area (Å²) in [7, 11) is 0. The first-order valence-corrected chi connectivity index (χ1v) is 8.88. The van der Waals surface area contributed by atoms with Gasteiger partial charge >= 0.3 is 0 Å². The zero-order valence-corrected chi connectivity index (χ0v) is 14.8. The predicted octanol–water partition coefficient (Wildman–Crippen LogP) is 4.13. The Kier molecular flexibility index (Phi) is 4.53. The van der Waals surface area contributed by atoms with Crippen LogP contribution in [-0.4, -0.2) is 16.4 Å². The van der Waals surface area contributed by atoms with Crippen LogP contribution in [0.25, 0.3) is 0 Å². The average molecular weight is 347 g/mol. The van der Waals surface area contributed by atoms with Gasteiger partial charge in [-0.25, -0.2) is 4.39 Å². The minimum Gasteiger partial charge on any atom is -0.329 e. The topological polar surface area (TPSA) is 42.2 Å². The number of hydrogen-bond donors (Lipinski definition) is 1. The Bertz CT molecular complexity index is 893. The molecule has 2 heterocycles. The molecule has 0 spiro atoms. The number of aromatic nitrogens is 1. The van der Waals surface area contributed by atoms with Gasteiger partial charge in [0.2, 0.25) is 0 Å². The zero-order chi connectivity index (χ0) is 18.1. The van der Waals surface area contributed by atoms with E-state index in [1.165, 1.54) is 28.8 Å². The molecule has 2 atom stereocenters. The van der Waals surface area contributed by atoms with Gasteiger partial charge in [-0.1, -0.05) is 30.3 Å². The first kappa shape index (κ1) is 16.9. The van der Waals surface area contributed by atoms with Gasteiger partial charge in [0.15, 0.2) is 0 Å². The molecule has 0 bridgehead atoms. The maximum absolute atomic E-state index is 13.5. The molecule has 1 aromatic heterocycles. The number of rotatable bonds is 4. The van der Waals surface area contributed by atoms with Crippen molar-refractivity contribution in [1.82, 2.24) is 9.88 Å². The molecule has 0 radical (unpaired) electrons. The van der Waals surface area contributed by atoms with E-state index in [9.17, 15) is 4.39 Å². The van der Waals surface area contributed by atoms with E-state index in [4.69, 9.17) is 5.73 Å². The molecule has 26 heavy (non-hydrogen) atoms. The number of aryl methyl sites for hydroxylation is 1. The van der Waals surface area contributed by atoms with Crippen molar-refractivity contribution in [2.24, 2.45) is 5.73 Å². The van der Waals surface area contributed by atoms with Crippen LogP contribution in [0.5, 0.6) is 0 Å². The number of hydrogen-bond acceptors (Lipinski definition) is 3. The van der Waals surface area contributed by atoms with Crippen LogP contribution in [0.3, 0.4) is 0 Å². The lowest BCUT2D eigenvalue weighted by atomic mass is 9.96. The summed E-state index contributed by atoms with van der Waals surface area (Å²) in [5, 5.41) is 0. The molecule has 3 nitrogen and oxygen atoms in total. The van der Waals surface area contributed by atoms with Crippen molar-refractivity contribution >= 4 is 0 Å². The average Bonchev–Trinajstić information content (AvgIpc) is 3.04. The molecule has 2 unspecified atom stereocenters. The molecular weight excluding hydrogens is 325 g/mol. The third-order valence-corrected chi connectivity index (χ3v) is 5.31. The quantitative estimate of drug-likeness (QED) is 0.771. The molecule has 1 aliphatic rings. The summed E-state index contributed by atoms with van der Waals surface area (Å²) in [4.78, 5) is 6.57. The molecular formula is C22H22FN3. The number of pyridine rings is 1. The van der Waals surface area contributed by atoms with Gasteiger partial charge in [0.05, 0.1) is 6.04 Å². The van der Waals surface area contributed by atoms with Crippen molar-refractivity contribution < 1.29 is 4.39 Å². The highest BCUT2D eigenvalue weighted by molar-refractivity contribution is 5.42. The van der Waals surface area contributed by atoms with Crippen LogP contribution in [-0.2, 0) is 6.54 Å². The third kappa shape index (κ3) is 2.91. The Labute approximate surface area is 153 Å². The standard InChI is InChI=1S/C22H22FN3/c1-15-3-2-4-19-20(15)14-26(21(19)13-24)22(17-9-11-25-12-10-17)16-5-7-18(23)8-6-16/h2-12,21-22H,13-14,24H2,1H3. The van der Waals surface area contributed by atoms with Crippen molar-refractivity contribution in [3.05, 3.63) is 101 Å². The lowest BCUT2D eigenvalue weighted by molar-refractivity contribution is 0.174. The van der Waals surface area contributed by atoms with Crippen LogP contribution in [0.4, 0.5) is 4.39 Å². The fraction of sp³-hybridized carbons (Fsp3) is 0.227. The van der Waals surface area contributed by atoms with Crippen LogP contribution < -0.4 is 5.73 Å². The van der Waals surface area contributed by atoms with Gasteiger partial charge in [-0.05, 0) is 59.0 Å². The Balaban J connectivity index is 1.82. The molecule has 132 valence electrons. The molecule has 4 rings (SSSR count). The highest BCUT2D eigenvalue weighted by Gasteiger charge is 2.36. The molecule has 2 aromatic carbocycles. The monoisotopic (exact) mass is 347 g/mol. The lowest BCUT2D eigenvalue weighted by Crippen LogP contribution is -2.32. The van der Waals surface area contributed by atoms with E-state index in [0.29, 0.717) is 6.54 Å². The van der Waals surface area contributed by atoms with Gasteiger partial charge in [0.1, 0.15) is 5.82 Å². The number of benzene rings is 2. The van der Waals surface area contributed by atoms with Crippen LogP contribution in [0, 0.1) is 12.7 Å². The summed E-state index contributed by atoms with van der Waals surface area (Å²) in [6.45, 7) is 3.52. The molecule has 0 fully saturated rings. The molecule has 4 heteroatoms. The Hall–Kier alpha value is -2.56. The molecule has 3 aromatic rings. The number of halogens is 1. The van der Waals surface area contributed by atoms with Crippen molar-refractivity contribution in [2.45, 2.75) is 25.6 Å². The fourth-order valence-corrected chi connectivity index (χ4v) is 4.02. The summed E-state index contributed by atoms with van der Waals surface area (Å²) in [6, 6.07) is 17.4. The van der Waals surface area contributed by atoms with Crippen molar-refractivity contribution in [3.8, 4) is 0 Å². The van der Waals surface area contributed by atoms with E-state index in [1.807, 2.05) is 24.3 Å². The van der Waals surface area contributed by atoms with Gasteiger partial charge in [-0.3, -0.25) is 9.88 Å². The van der Waals surface area contributed by atoms with E-state index in [0.717, 1.165) is 17.7 Å². The second-order valence-electron chi connectivity index (χ2n) is 6.80. The maximum Gasteiger partial charge on any atom is 0.123 e. The van der Waals surface area contributed by atoms with Crippen molar-refractivity contribution in [3.63, 3.8) is 0 Å². The zero-order valence-electron chi connectivity index (χ0n) is 14.8. The summed E-state index contributed by atoms with van der Waals surface area (Å²) in [6.07, 6.45) is 3.61. The first-order valence-electron chi connectivity index (χ1n) is 8.88. The van der Waals surface area contributed by atoms with E-state index in [1.54, 1.807) is 12.4 Å². The summed E-state index contributed by atoms with van der Waals surface area (Å²) in [5.74, 6) is -0.224. The van der Waals surface area contributed by atoms with Gasteiger partial charge in [0.25, 0.3) is 0 Å². The minimum atomic E-state index is -0.224. The van der Waals surface area contributed by atoms with E-state index < -0.39 is 0 Å². The van der Waals surface area contributed by atoms with Crippen LogP contribution in [0.15, 0.2) is 67.0 Å². The van der Waals surface area contributed by atoms with Crippen LogP contribution >= 0.6 is 0 Å². The molecule has 0 saturated carbocycles. The van der Waals surface area contributed by atoms with E-state index in [2.05, 4.69) is 35.0 Å². The van der Waals surface area contributed by atoms with Gasteiger partial charge < -0.3 is 5.73 Å². The van der Waals surface area contributed by atoms with Crippen molar-refractivity contribution in [2.75, 3.05) is 6.54 Å². The molecule has 0 amide bonds. The Morgan fingerprint density at radius 1 is 1.08 bits per heavy atom. The van der Waals surface area contributed by atoms with Gasteiger partial charge in [0, 0.05) is 31.5 Å². The largest absolute Gasteiger partial charge is 0.329 e. The summed E-state index contributed by atoms with van der Waals surface area (Å²) in [5.41, 5.74) is 12.3. The third-order valence-electron chi connectivity index (χ3n) is 5.31. The highest BCUT2D eigenvalue weighted by Crippen LogP contribution is 2.43. The SMILES string of the molecule is Cc1cccc2c1CN(C(c1ccncc1)c1ccc(F)cc1)C2CN. The van der Waals surface area contributed by atoms with E-state index in [-0.39, 0.29) is 17.9 Å². The predicted molar refractivity (Wildman–Crippen MR) is 101 cm³/mol. The number of nitrogens with zero attached hydrogens (tertiary/aromatic N) is 2. The molecule has 1 aliphatic heterocycles. The first-order chi connectivity index (χ1) is 12.7. The molecule has 0 saturated heterocycles. The maximum atomic E-state index is 13.5. The second-order valence-corrected chi connectivity index (χ2v) is 6.80. The smallest absolute Gasteiger partial charge is 0.123 e. The Morgan fingerprint density at radius 3 is 2.46 bits per heavy atom. The number of fused-ring (bicyclic) bond motifs is 1. The minimum absolute atomic E-state index is 0.000972. The van der Waals surface area contributed by atoms with Crippen LogP contribution in [0.2, 0.25) is 0 Å². The van der Waals surface area contributed by atoms with Gasteiger partial charge in [-0.2, -0.15) is 0 Å². The Morgan fingerprint density at radius 2 is 1.77 bits per heavy atom. The second kappa shape index (κ2) is 6.98. The van der Waals surface area contributed by atoms with E-state index >= 15 is 0 Å². The van der Waals surface area contributed by atoms with Gasteiger partial charge in [-0.15, -0.1) is 0 Å². The summed E-state index contributed by atoms with van der Waals surface area (Å²) >= 11 is 0.